The molecule has 0 saturated carbocycles. The topological polar surface area (TPSA) is 229 Å². The number of carbonyl (C=O) groups is 2. The number of allylic oxidation sites excluding steroid dienone is 8. The van der Waals surface area contributed by atoms with Crippen LogP contribution in [-0.4, -0.2) is 148 Å². The number of ether oxygens (including phenoxy) is 7. The van der Waals surface area contributed by atoms with Gasteiger partial charge in [0.1, 0.15) is 50.3 Å². The monoisotopic (exact) mass is 1250 g/mol. The molecule has 1 saturated heterocycles. The molecular weight excluding hydrogens is 1130 g/mol. The van der Waals surface area contributed by atoms with Crippen LogP contribution in [0.5, 0.6) is 0 Å². The van der Waals surface area contributed by atoms with Crippen molar-refractivity contribution in [1.82, 2.24) is 34.8 Å². The molecule has 1 aliphatic heterocycles. The van der Waals surface area contributed by atoms with E-state index in [1.54, 1.807) is 31.5 Å². The molecule has 2 heterocycles. The Morgan fingerprint density at radius 1 is 0.663 bits per heavy atom. The van der Waals surface area contributed by atoms with E-state index in [2.05, 4.69) is 87.0 Å². The molecule has 0 aromatic carbocycles. The highest BCUT2D eigenvalue weighted by Gasteiger charge is 2.48. The van der Waals surface area contributed by atoms with Crippen LogP contribution in [-0.2, 0) is 49.5 Å². The van der Waals surface area contributed by atoms with Crippen LogP contribution in [0.3, 0.4) is 0 Å². The van der Waals surface area contributed by atoms with Gasteiger partial charge in [-0.05, 0) is 143 Å². The zero-order valence-corrected chi connectivity index (χ0v) is 56.7. The first-order valence-electron chi connectivity index (χ1n) is 33.9. The highest BCUT2D eigenvalue weighted by atomic mass is 16.6. The Morgan fingerprint density at radius 3 is 1.58 bits per heavy atom. The number of likely N-dealkylation sites (N-methyl/N-ethyl adjacent to an activating group) is 2. The number of aromatic nitrogens is 2. The summed E-state index contributed by atoms with van der Waals surface area (Å²) in [6.45, 7) is 8.82. The standard InChI is InChI=1S/C69H123N9O11/c1-10-14-18-22-26-30-34-38-42-60(43-39-35-31-27-23-19-15-11-2)87-64(80)51-73-50-59(75(8)71)56-86-67-66(62(53-74(6)7)89-68(67)77-47-46-63(79)78(69(77)82)57-84-49-48-83-9)85-55-58(70)52-76(72-5)54-65(81)88-61(44-40-36-32-28-24-20-16-12-3)45-41-37-33-29-25-21-17-13-4/h26-33,46-47,50,52,60-62,66-68,72-73H,10-25,34-45,48-49,51,53-57,70-71H2,1-9H3/b30-26-,31-27-,32-28-,33-29-,58-52-,59-50-/t62-,66-,67-,68-/m1/s1. The number of hydrogen-bond acceptors (Lipinski definition) is 18. The SMILES string of the molecule is CCCCC/C=C\CCCC(CCC/C=C\CCCCC)OC(=O)CN/C=C(/CO[C@@H]1[C@H](OC/C(N)=C/N(CC(=O)OC(CCC/C=C\CCCCC)CCC/C=C\CCCCC)NC)[C@@H](CN(C)C)O[C@H]1n1ccc(=O)n(COCCOC)c1=O)N(C)N. The molecule has 1 aliphatic rings. The summed E-state index contributed by atoms with van der Waals surface area (Å²) >= 11 is 0. The fraction of sp³-hybridized carbons (Fsp3) is 0.739. The van der Waals surface area contributed by atoms with Crippen LogP contribution in [0.2, 0.25) is 0 Å². The van der Waals surface area contributed by atoms with Gasteiger partial charge in [-0.2, -0.15) is 0 Å². The molecule has 0 unspecified atom stereocenters. The summed E-state index contributed by atoms with van der Waals surface area (Å²) in [5.74, 6) is 5.66. The normalized spacial score (nSPS) is 16.7. The van der Waals surface area contributed by atoms with Crippen LogP contribution in [0, 0.1) is 0 Å². The van der Waals surface area contributed by atoms with E-state index in [9.17, 15) is 19.2 Å². The maximum atomic E-state index is 14.3. The Kier molecular flexibility index (Phi) is 47.3. The molecule has 0 amide bonds. The second-order valence-electron chi connectivity index (χ2n) is 23.7. The summed E-state index contributed by atoms with van der Waals surface area (Å²) in [6, 6.07) is 1.27. The van der Waals surface area contributed by atoms with Gasteiger partial charge in [-0.1, -0.05) is 128 Å². The van der Waals surface area contributed by atoms with Gasteiger partial charge in [0.25, 0.3) is 5.56 Å². The smallest absolute Gasteiger partial charge is 0.335 e. The van der Waals surface area contributed by atoms with Crippen molar-refractivity contribution >= 4 is 11.9 Å². The quantitative estimate of drug-likeness (QED) is 0.0156. The maximum absolute atomic E-state index is 14.3. The zero-order chi connectivity index (χ0) is 65.1. The number of rotatable bonds is 56. The highest BCUT2D eigenvalue weighted by molar-refractivity contribution is 5.72. The van der Waals surface area contributed by atoms with Crippen LogP contribution in [0.15, 0.2) is 94.3 Å². The van der Waals surface area contributed by atoms with Crippen LogP contribution in [0.4, 0.5) is 0 Å². The summed E-state index contributed by atoms with van der Waals surface area (Å²) in [6.07, 6.45) is 48.0. The Balaban J connectivity index is 2.39. The first-order chi connectivity index (χ1) is 43.2. The van der Waals surface area contributed by atoms with Crippen molar-refractivity contribution in [2.75, 3.05) is 81.4 Å². The van der Waals surface area contributed by atoms with E-state index in [0.29, 0.717) is 12.2 Å². The molecule has 20 nitrogen and oxygen atoms in total. The van der Waals surface area contributed by atoms with Crippen molar-refractivity contribution in [2.24, 2.45) is 11.6 Å². The molecule has 0 spiro atoms. The number of hydrazine groups is 2. The van der Waals surface area contributed by atoms with Crippen molar-refractivity contribution < 1.29 is 42.7 Å². The molecule has 1 fully saturated rings. The number of nitrogens with zero attached hydrogens (tertiary/aromatic N) is 5. The average molecular weight is 1250 g/mol. The number of nitrogens with two attached hydrogens (primary N) is 2. The summed E-state index contributed by atoms with van der Waals surface area (Å²) in [7, 11) is 8.66. The average Bonchev–Trinajstić information content (AvgIpc) is 1.73. The number of unbranched alkanes of at least 4 members (excludes halogenated alkanes) is 16. The Labute approximate surface area is 536 Å². The van der Waals surface area contributed by atoms with E-state index < -0.39 is 35.8 Å². The third-order valence-corrected chi connectivity index (χ3v) is 15.3. The lowest BCUT2D eigenvalue weighted by Crippen LogP contribution is -2.45. The minimum atomic E-state index is -1.12. The van der Waals surface area contributed by atoms with E-state index in [1.165, 1.54) is 106 Å². The highest BCUT2D eigenvalue weighted by Crippen LogP contribution is 2.34. The van der Waals surface area contributed by atoms with E-state index in [4.69, 9.17) is 44.7 Å². The predicted molar refractivity (Wildman–Crippen MR) is 359 cm³/mol. The van der Waals surface area contributed by atoms with Gasteiger partial charge in [0.05, 0.1) is 37.8 Å². The van der Waals surface area contributed by atoms with Crippen LogP contribution in [0.1, 0.15) is 214 Å². The lowest BCUT2D eigenvalue weighted by Gasteiger charge is -2.28. The van der Waals surface area contributed by atoms with Gasteiger partial charge in [0, 0.05) is 52.4 Å². The second-order valence-corrected chi connectivity index (χ2v) is 23.7. The minimum Gasteiger partial charge on any atom is -0.461 e. The third kappa shape index (κ3) is 37.8. The molecule has 1 aromatic heterocycles. The molecule has 6 N–H and O–H groups in total. The van der Waals surface area contributed by atoms with Crippen molar-refractivity contribution in [3.63, 3.8) is 0 Å². The molecule has 20 heteroatoms. The summed E-state index contributed by atoms with van der Waals surface area (Å²) in [5.41, 5.74) is 9.23. The van der Waals surface area contributed by atoms with Crippen molar-refractivity contribution in [2.45, 2.75) is 251 Å². The fourth-order valence-electron chi connectivity index (χ4n) is 10.2. The van der Waals surface area contributed by atoms with Gasteiger partial charge in [0.2, 0.25) is 0 Å². The van der Waals surface area contributed by atoms with Gasteiger partial charge in [-0.15, -0.1) is 0 Å². The fourth-order valence-corrected chi connectivity index (χ4v) is 10.2. The minimum absolute atomic E-state index is 0.109. The molecule has 510 valence electrons. The summed E-state index contributed by atoms with van der Waals surface area (Å²) < 4.78 is 45.4. The van der Waals surface area contributed by atoms with E-state index >= 15 is 0 Å². The molecule has 0 bridgehead atoms. The number of hydrogen-bond donors (Lipinski definition) is 4. The number of carbonyl (C=O) groups excluding carboxylic acids is 2. The van der Waals surface area contributed by atoms with Gasteiger partial charge < -0.3 is 59.1 Å². The van der Waals surface area contributed by atoms with Gasteiger partial charge in [0.15, 0.2) is 6.23 Å². The Bertz CT molecular complexity index is 2230. The number of methoxy groups -OCH3 is 1. The molecule has 4 atom stereocenters. The Hall–Kier alpha value is -5.06. The first-order valence-corrected chi connectivity index (χ1v) is 33.9. The molecule has 1 aromatic rings. The molecular formula is C69H123N9O11. The van der Waals surface area contributed by atoms with E-state index in [1.807, 2.05) is 19.0 Å². The predicted octanol–water partition coefficient (Wildman–Crippen LogP) is 11.4. The lowest BCUT2D eigenvalue weighted by atomic mass is 10.0. The van der Waals surface area contributed by atoms with Crippen LogP contribution in [0.25, 0.3) is 0 Å². The van der Waals surface area contributed by atoms with Gasteiger partial charge in [-0.3, -0.25) is 19.0 Å². The molecule has 2 rings (SSSR count). The third-order valence-electron chi connectivity index (χ3n) is 15.3. The summed E-state index contributed by atoms with van der Waals surface area (Å²) in [5, 5.41) is 6.03. The Morgan fingerprint density at radius 2 is 1.13 bits per heavy atom. The zero-order valence-electron chi connectivity index (χ0n) is 56.7. The van der Waals surface area contributed by atoms with Crippen LogP contribution >= 0.6 is 0 Å². The van der Waals surface area contributed by atoms with Crippen molar-refractivity contribution in [3.05, 3.63) is 106 Å². The van der Waals surface area contributed by atoms with Crippen LogP contribution < -0.4 is 33.6 Å². The summed E-state index contributed by atoms with van der Waals surface area (Å²) in [4.78, 5) is 56.5. The molecule has 0 radical (unpaired) electrons. The lowest BCUT2D eigenvalue weighted by molar-refractivity contribution is -0.151. The van der Waals surface area contributed by atoms with Gasteiger partial charge in [-0.25, -0.2) is 20.6 Å². The van der Waals surface area contributed by atoms with Crippen molar-refractivity contribution in [3.8, 4) is 0 Å². The molecule has 0 aliphatic carbocycles. The van der Waals surface area contributed by atoms with E-state index in [-0.39, 0.29) is 76.1 Å². The first kappa shape index (κ1) is 80.0. The maximum Gasteiger partial charge on any atom is 0.335 e. The van der Waals surface area contributed by atoms with Gasteiger partial charge >= 0.3 is 17.6 Å². The second kappa shape index (κ2) is 52.6. The molecule has 89 heavy (non-hydrogen) atoms. The largest absolute Gasteiger partial charge is 0.461 e. The number of nitrogens with one attached hydrogen (secondary N) is 2. The van der Waals surface area contributed by atoms with E-state index in [0.717, 1.165) is 107 Å². The van der Waals surface area contributed by atoms with Crippen molar-refractivity contribution in [1.29, 1.82) is 0 Å². The number of esters is 2.